The smallest absolute Gasteiger partial charge is 0.106 e. The molecule has 0 spiro atoms. The lowest BCUT2D eigenvalue weighted by Crippen LogP contribution is -2.01. The lowest BCUT2D eigenvalue weighted by Gasteiger charge is -2.05. The number of hydrogen-bond acceptors (Lipinski definition) is 3. The minimum atomic E-state index is 0.658. The minimum Gasteiger partial charge on any atom is -0.379 e. The number of nitriles is 1. The van der Waals surface area contributed by atoms with Gasteiger partial charge in [-0.2, -0.15) is 5.26 Å². The molecule has 0 atom stereocenters. The molecule has 0 unspecified atom stereocenters. The Kier molecular flexibility index (Phi) is 3.73. The highest BCUT2D eigenvalue weighted by Crippen LogP contribution is 2.11. The average Bonchev–Trinajstić information content (AvgIpc) is 2.37. The third-order valence-electron chi connectivity index (χ3n) is 2.26. The second-order valence-corrected chi connectivity index (χ2v) is 4.31. The number of aromatic nitrogens is 1. The molecule has 1 N–H and O–H groups in total. The molecule has 0 saturated heterocycles. The van der Waals surface area contributed by atoms with E-state index in [1.165, 1.54) is 0 Å². The molecule has 2 rings (SSSR count). The fourth-order valence-corrected chi connectivity index (χ4v) is 1.78. The summed E-state index contributed by atoms with van der Waals surface area (Å²) < 4.78 is 0.830. The van der Waals surface area contributed by atoms with E-state index in [1.807, 2.05) is 30.3 Å². The fourth-order valence-electron chi connectivity index (χ4n) is 1.40. The fraction of sp³-hybridized carbons (Fsp3) is 0.0769. The van der Waals surface area contributed by atoms with Crippen molar-refractivity contribution >= 4 is 21.6 Å². The van der Waals surface area contributed by atoms with Crippen LogP contribution >= 0.6 is 15.9 Å². The summed E-state index contributed by atoms with van der Waals surface area (Å²) in [5.74, 6) is 0. The average molecular weight is 288 g/mol. The summed E-state index contributed by atoms with van der Waals surface area (Å²) in [4.78, 5) is 4.32. The van der Waals surface area contributed by atoms with Gasteiger partial charge in [-0.1, -0.05) is 6.07 Å². The van der Waals surface area contributed by atoms with Crippen LogP contribution in [0.5, 0.6) is 0 Å². The molecule has 17 heavy (non-hydrogen) atoms. The maximum atomic E-state index is 8.68. The molecule has 1 aromatic carbocycles. The molecule has 1 aromatic heterocycles. The molecule has 2 aromatic rings. The van der Waals surface area contributed by atoms with Crippen LogP contribution in [0.4, 0.5) is 5.69 Å². The van der Waals surface area contributed by atoms with Gasteiger partial charge in [0.2, 0.25) is 0 Å². The summed E-state index contributed by atoms with van der Waals surface area (Å²) in [5, 5.41) is 11.9. The van der Waals surface area contributed by atoms with Gasteiger partial charge in [0.25, 0.3) is 0 Å². The topological polar surface area (TPSA) is 48.7 Å². The van der Waals surface area contributed by atoms with Gasteiger partial charge in [0, 0.05) is 5.69 Å². The maximum absolute atomic E-state index is 8.68. The number of nitrogens with zero attached hydrogens (tertiary/aromatic N) is 2. The van der Waals surface area contributed by atoms with Crippen LogP contribution in [0.3, 0.4) is 0 Å². The van der Waals surface area contributed by atoms with E-state index in [-0.39, 0.29) is 0 Å². The quantitative estimate of drug-likeness (QED) is 0.881. The molecule has 0 saturated carbocycles. The Balaban J connectivity index is 2.00. The Hall–Kier alpha value is -1.86. The van der Waals surface area contributed by atoms with E-state index in [9.17, 15) is 0 Å². The van der Waals surface area contributed by atoms with E-state index < -0.39 is 0 Å². The van der Waals surface area contributed by atoms with Gasteiger partial charge in [0.05, 0.1) is 23.9 Å². The van der Waals surface area contributed by atoms with Crippen LogP contribution in [0.25, 0.3) is 0 Å². The van der Waals surface area contributed by atoms with Crippen LogP contribution < -0.4 is 5.32 Å². The second kappa shape index (κ2) is 5.46. The first-order chi connectivity index (χ1) is 8.28. The monoisotopic (exact) mass is 287 g/mol. The largest absolute Gasteiger partial charge is 0.379 e. The Bertz CT molecular complexity index is 543. The molecular weight excluding hydrogens is 278 g/mol. The molecule has 4 heteroatoms. The summed E-state index contributed by atoms with van der Waals surface area (Å²) in [6.07, 6.45) is 0. The molecule has 0 radical (unpaired) electrons. The zero-order valence-corrected chi connectivity index (χ0v) is 10.6. The summed E-state index contributed by atoms with van der Waals surface area (Å²) in [6, 6.07) is 15.2. The molecule has 0 bridgehead atoms. The Morgan fingerprint density at radius 3 is 2.59 bits per heavy atom. The van der Waals surface area contributed by atoms with Crippen LogP contribution in [0.15, 0.2) is 47.1 Å². The van der Waals surface area contributed by atoms with Gasteiger partial charge < -0.3 is 5.32 Å². The molecule has 3 nitrogen and oxygen atoms in total. The summed E-state index contributed by atoms with van der Waals surface area (Å²) in [6.45, 7) is 0.658. The van der Waals surface area contributed by atoms with E-state index in [4.69, 9.17) is 5.26 Å². The Labute approximate surface area is 108 Å². The number of benzene rings is 1. The highest BCUT2D eigenvalue weighted by atomic mass is 79.9. The first-order valence-electron chi connectivity index (χ1n) is 5.13. The number of anilines is 1. The van der Waals surface area contributed by atoms with Crippen molar-refractivity contribution in [3.63, 3.8) is 0 Å². The van der Waals surface area contributed by atoms with Gasteiger partial charge in [-0.3, -0.25) is 0 Å². The van der Waals surface area contributed by atoms with Gasteiger partial charge in [-0.25, -0.2) is 4.98 Å². The molecule has 0 amide bonds. The van der Waals surface area contributed by atoms with Crippen molar-refractivity contribution < 1.29 is 0 Å². The predicted molar refractivity (Wildman–Crippen MR) is 70.4 cm³/mol. The van der Waals surface area contributed by atoms with Crippen molar-refractivity contribution in [1.29, 1.82) is 5.26 Å². The van der Waals surface area contributed by atoms with E-state index >= 15 is 0 Å². The molecule has 0 aliphatic rings. The number of hydrogen-bond donors (Lipinski definition) is 1. The molecular formula is C13H10BrN3. The van der Waals surface area contributed by atoms with Crippen LogP contribution in [0, 0.1) is 11.3 Å². The lowest BCUT2D eigenvalue weighted by atomic mass is 10.2. The Morgan fingerprint density at radius 2 is 1.94 bits per heavy atom. The van der Waals surface area contributed by atoms with Gasteiger partial charge in [0.1, 0.15) is 4.60 Å². The van der Waals surface area contributed by atoms with E-state index in [0.717, 1.165) is 16.0 Å². The third kappa shape index (κ3) is 3.30. The molecule has 84 valence electrons. The van der Waals surface area contributed by atoms with Crippen molar-refractivity contribution in [3.05, 3.63) is 58.3 Å². The lowest BCUT2D eigenvalue weighted by molar-refractivity contribution is 1.03. The van der Waals surface area contributed by atoms with Crippen molar-refractivity contribution in [2.75, 3.05) is 5.32 Å². The molecule has 0 aliphatic heterocycles. The van der Waals surface area contributed by atoms with Crippen LogP contribution in [-0.4, -0.2) is 4.98 Å². The zero-order chi connectivity index (χ0) is 12.1. The first-order valence-corrected chi connectivity index (χ1v) is 5.93. The maximum Gasteiger partial charge on any atom is 0.106 e. The molecule has 0 aliphatic carbocycles. The first kappa shape index (κ1) is 11.6. The van der Waals surface area contributed by atoms with Gasteiger partial charge in [-0.15, -0.1) is 0 Å². The van der Waals surface area contributed by atoms with Crippen LogP contribution in [0.1, 0.15) is 11.3 Å². The van der Waals surface area contributed by atoms with Gasteiger partial charge >= 0.3 is 0 Å². The van der Waals surface area contributed by atoms with Gasteiger partial charge in [-0.05, 0) is 52.3 Å². The van der Waals surface area contributed by atoms with Crippen molar-refractivity contribution in [1.82, 2.24) is 4.98 Å². The van der Waals surface area contributed by atoms with Gasteiger partial charge in [0.15, 0.2) is 0 Å². The molecule has 0 fully saturated rings. The second-order valence-electron chi connectivity index (χ2n) is 3.49. The number of rotatable bonds is 3. The minimum absolute atomic E-state index is 0.658. The number of nitrogens with one attached hydrogen (secondary N) is 1. The van der Waals surface area contributed by atoms with E-state index in [2.05, 4.69) is 32.3 Å². The highest BCUT2D eigenvalue weighted by Gasteiger charge is 1.96. The number of halogens is 1. The summed E-state index contributed by atoms with van der Waals surface area (Å²) >= 11 is 3.33. The highest BCUT2D eigenvalue weighted by molar-refractivity contribution is 9.10. The van der Waals surface area contributed by atoms with Crippen LogP contribution in [-0.2, 0) is 6.54 Å². The van der Waals surface area contributed by atoms with E-state index in [0.29, 0.717) is 12.1 Å². The van der Waals surface area contributed by atoms with Crippen molar-refractivity contribution in [3.8, 4) is 6.07 Å². The van der Waals surface area contributed by atoms with Crippen LogP contribution in [0.2, 0.25) is 0 Å². The number of pyridine rings is 1. The zero-order valence-electron chi connectivity index (χ0n) is 9.02. The predicted octanol–water partition coefficient (Wildman–Crippen LogP) is 3.33. The summed E-state index contributed by atoms with van der Waals surface area (Å²) in [7, 11) is 0. The molecule has 1 heterocycles. The van der Waals surface area contributed by atoms with E-state index in [1.54, 1.807) is 12.1 Å². The Morgan fingerprint density at radius 1 is 1.18 bits per heavy atom. The third-order valence-corrected chi connectivity index (χ3v) is 2.70. The normalized spacial score (nSPS) is 9.65. The van der Waals surface area contributed by atoms with Crippen molar-refractivity contribution in [2.24, 2.45) is 0 Å². The summed E-state index contributed by atoms with van der Waals surface area (Å²) in [5.41, 5.74) is 2.60. The SMILES string of the molecule is N#Cc1ccc(NCc2cccc(Br)n2)cc1. The van der Waals surface area contributed by atoms with Crippen molar-refractivity contribution in [2.45, 2.75) is 6.54 Å². The standard InChI is InChI=1S/C13H10BrN3/c14-13-3-1-2-12(17-13)9-16-11-6-4-10(8-15)5-7-11/h1-7,16H,9H2.